The van der Waals surface area contributed by atoms with Gasteiger partial charge in [-0.2, -0.15) is 0 Å². The zero-order valence-corrected chi connectivity index (χ0v) is 12.0. The Morgan fingerprint density at radius 2 is 2.00 bits per heavy atom. The van der Waals surface area contributed by atoms with Crippen LogP contribution in [0.5, 0.6) is 5.75 Å². The summed E-state index contributed by atoms with van der Waals surface area (Å²) in [5.74, 6) is 0.417. The van der Waals surface area contributed by atoms with E-state index in [2.05, 4.69) is 5.32 Å². The lowest BCUT2D eigenvalue weighted by atomic mass is 10.1. The SMILES string of the molecule is CC[C@@H](Oc1ccccc1Cl)C(=O)NC(C)(C)C. The van der Waals surface area contributed by atoms with Gasteiger partial charge in [0, 0.05) is 5.54 Å². The van der Waals surface area contributed by atoms with Crippen molar-refractivity contribution in [1.29, 1.82) is 0 Å². The van der Waals surface area contributed by atoms with E-state index in [0.717, 1.165) is 0 Å². The van der Waals surface area contributed by atoms with Crippen LogP contribution in [0.25, 0.3) is 0 Å². The Morgan fingerprint density at radius 1 is 1.39 bits per heavy atom. The van der Waals surface area contributed by atoms with Gasteiger partial charge in [-0.05, 0) is 39.3 Å². The predicted octanol–water partition coefficient (Wildman–Crippen LogP) is 3.41. The zero-order valence-electron chi connectivity index (χ0n) is 11.3. The summed E-state index contributed by atoms with van der Waals surface area (Å²) >= 11 is 6.01. The largest absolute Gasteiger partial charge is 0.479 e. The van der Waals surface area contributed by atoms with Crippen molar-refractivity contribution in [2.75, 3.05) is 0 Å². The van der Waals surface area contributed by atoms with Crippen molar-refractivity contribution in [2.45, 2.75) is 45.8 Å². The summed E-state index contributed by atoms with van der Waals surface area (Å²) in [6, 6.07) is 7.15. The highest BCUT2D eigenvalue weighted by molar-refractivity contribution is 6.32. The molecule has 100 valence electrons. The van der Waals surface area contributed by atoms with Crippen LogP contribution in [0.2, 0.25) is 5.02 Å². The standard InChI is InChI=1S/C14H20ClNO2/c1-5-11(13(17)16-14(2,3)4)18-12-9-7-6-8-10(12)15/h6-9,11H,5H2,1-4H3,(H,16,17)/t11-/m1/s1. The lowest BCUT2D eigenvalue weighted by Crippen LogP contribution is -2.47. The molecular formula is C14H20ClNO2. The molecule has 0 aliphatic rings. The third kappa shape index (κ3) is 4.57. The third-order valence-corrected chi connectivity index (χ3v) is 2.58. The molecule has 1 atom stereocenters. The topological polar surface area (TPSA) is 38.3 Å². The molecule has 3 nitrogen and oxygen atoms in total. The maximum atomic E-state index is 12.0. The Kier molecular flexibility index (Phi) is 5.03. The maximum absolute atomic E-state index is 12.0. The van der Waals surface area contributed by atoms with Gasteiger partial charge >= 0.3 is 0 Å². The molecule has 0 saturated carbocycles. The van der Waals surface area contributed by atoms with Crippen molar-refractivity contribution >= 4 is 17.5 Å². The molecule has 0 unspecified atom stereocenters. The van der Waals surface area contributed by atoms with Gasteiger partial charge in [-0.1, -0.05) is 30.7 Å². The van der Waals surface area contributed by atoms with E-state index in [1.165, 1.54) is 0 Å². The normalized spacial score (nSPS) is 12.9. The minimum Gasteiger partial charge on any atom is -0.479 e. The fraction of sp³-hybridized carbons (Fsp3) is 0.500. The van der Waals surface area contributed by atoms with E-state index in [1.807, 2.05) is 39.8 Å². The molecular weight excluding hydrogens is 250 g/mol. The number of hydrogen-bond donors (Lipinski definition) is 1. The number of benzene rings is 1. The predicted molar refractivity (Wildman–Crippen MR) is 74.1 cm³/mol. The highest BCUT2D eigenvalue weighted by atomic mass is 35.5. The monoisotopic (exact) mass is 269 g/mol. The molecule has 0 heterocycles. The summed E-state index contributed by atoms with van der Waals surface area (Å²) in [4.78, 5) is 12.0. The highest BCUT2D eigenvalue weighted by Crippen LogP contribution is 2.24. The Hall–Kier alpha value is -1.22. The molecule has 0 aliphatic heterocycles. The molecule has 0 bridgehead atoms. The van der Waals surface area contributed by atoms with E-state index < -0.39 is 6.10 Å². The van der Waals surface area contributed by atoms with Gasteiger partial charge in [0.1, 0.15) is 5.75 Å². The van der Waals surface area contributed by atoms with Gasteiger partial charge in [0.25, 0.3) is 5.91 Å². The molecule has 0 spiro atoms. The molecule has 1 amide bonds. The molecule has 1 rings (SSSR count). The Balaban J connectivity index is 2.74. The van der Waals surface area contributed by atoms with Crippen LogP contribution < -0.4 is 10.1 Å². The van der Waals surface area contributed by atoms with E-state index in [9.17, 15) is 4.79 Å². The average molecular weight is 270 g/mol. The Labute approximate surface area is 113 Å². The highest BCUT2D eigenvalue weighted by Gasteiger charge is 2.23. The lowest BCUT2D eigenvalue weighted by molar-refractivity contribution is -0.129. The number of carbonyl (C=O) groups excluding carboxylic acids is 1. The van der Waals surface area contributed by atoms with Crippen LogP contribution in [-0.2, 0) is 4.79 Å². The van der Waals surface area contributed by atoms with Gasteiger partial charge < -0.3 is 10.1 Å². The fourth-order valence-electron chi connectivity index (χ4n) is 1.47. The summed E-state index contributed by atoms with van der Waals surface area (Å²) in [6.45, 7) is 7.72. The van der Waals surface area contributed by atoms with Crippen LogP contribution in [0.3, 0.4) is 0 Å². The van der Waals surface area contributed by atoms with Crippen LogP contribution in [0.1, 0.15) is 34.1 Å². The molecule has 0 radical (unpaired) electrons. The number of hydrogen-bond acceptors (Lipinski definition) is 2. The summed E-state index contributed by atoms with van der Waals surface area (Å²) in [6.07, 6.45) is 0.0665. The smallest absolute Gasteiger partial charge is 0.261 e. The number of para-hydroxylation sites is 1. The third-order valence-electron chi connectivity index (χ3n) is 2.27. The number of rotatable bonds is 4. The maximum Gasteiger partial charge on any atom is 0.261 e. The molecule has 1 N–H and O–H groups in total. The number of amides is 1. The second-order valence-corrected chi connectivity index (χ2v) is 5.59. The molecule has 0 aliphatic carbocycles. The lowest BCUT2D eigenvalue weighted by Gasteiger charge is -2.25. The minimum atomic E-state index is -0.524. The first-order valence-electron chi connectivity index (χ1n) is 6.06. The van der Waals surface area contributed by atoms with E-state index in [0.29, 0.717) is 17.2 Å². The molecule has 0 aromatic heterocycles. The number of halogens is 1. The van der Waals surface area contributed by atoms with Gasteiger partial charge in [-0.15, -0.1) is 0 Å². The van der Waals surface area contributed by atoms with Crippen molar-refractivity contribution in [1.82, 2.24) is 5.32 Å². The van der Waals surface area contributed by atoms with E-state index in [-0.39, 0.29) is 11.4 Å². The Bertz CT molecular complexity index is 413. The average Bonchev–Trinajstić information content (AvgIpc) is 2.25. The number of carbonyl (C=O) groups is 1. The minimum absolute atomic E-state index is 0.120. The van der Waals surface area contributed by atoms with E-state index >= 15 is 0 Å². The second kappa shape index (κ2) is 6.10. The van der Waals surface area contributed by atoms with Gasteiger partial charge in [0.15, 0.2) is 6.10 Å². The number of ether oxygens (including phenoxy) is 1. The quantitative estimate of drug-likeness (QED) is 0.910. The summed E-state index contributed by atoms with van der Waals surface area (Å²) in [7, 11) is 0. The number of nitrogens with one attached hydrogen (secondary N) is 1. The van der Waals surface area contributed by atoms with Crippen molar-refractivity contribution in [2.24, 2.45) is 0 Å². The molecule has 4 heteroatoms. The molecule has 1 aromatic rings. The first-order valence-corrected chi connectivity index (χ1v) is 6.44. The Morgan fingerprint density at radius 3 is 2.50 bits per heavy atom. The van der Waals surface area contributed by atoms with Gasteiger partial charge in [-0.3, -0.25) is 4.79 Å². The van der Waals surface area contributed by atoms with E-state index in [1.54, 1.807) is 12.1 Å². The van der Waals surface area contributed by atoms with E-state index in [4.69, 9.17) is 16.3 Å². The van der Waals surface area contributed by atoms with Crippen molar-refractivity contribution in [3.05, 3.63) is 29.3 Å². The van der Waals surface area contributed by atoms with Crippen LogP contribution in [0.4, 0.5) is 0 Å². The van der Waals surface area contributed by atoms with Crippen LogP contribution in [-0.4, -0.2) is 17.6 Å². The molecule has 18 heavy (non-hydrogen) atoms. The van der Waals surface area contributed by atoms with Crippen molar-refractivity contribution < 1.29 is 9.53 Å². The zero-order chi connectivity index (χ0) is 13.8. The summed E-state index contributed by atoms with van der Waals surface area (Å²) < 4.78 is 5.66. The fourth-order valence-corrected chi connectivity index (χ4v) is 1.65. The second-order valence-electron chi connectivity index (χ2n) is 5.18. The van der Waals surface area contributed by atoms with Crippen LogP contribution >= 0.6 is 11.6 Å². The first kappa shape index (κ1) is 14.8. The van der Waals surface area contributed by atoms with Crippen LogP contribution in [0.15, 0.2) is 24.3 Å². The molecule has 1 aromatic carbocycles. The molecule has 0 fully saturated rings. The van der Waals surface area contributed by atoms with Crippen molar-refractivity contribution in [3.63, 3.8) is 0 Å². The summed E-state index contributed by atoms with van der Waals surface area (Å²) in [5, 5.41) is 3.42. The van der Waals surface area contributed by atoms with Gasteiger partial charge in [-0.25, -0.2) is 0 Å². The molecule has 0 saturated heterocycles. The van der Waals surface area contributed by atoms with Gasteiger partial charge in [0.05, 0.1) is 5.02 Å². The van der Waals surface area contributed by atoms with Gasteiger partial charge in [0.2, 0.25) is 0 Å². The van der Waals surface area contributed by atoms with Crippen molar-refractivity contribution in [3.8, 4) is 5.75 Å². The summed E-state index contributed by atoms with van der Waals surface area (Å²) in [5.41, 5.74) is -0.269. The first-order chi connectivity index (χ1) is 8.33. The van der Waals surface area contributed by atoms with Crippen LogP contribution in [0, 0.1) is 0 Å².